The van der Waals surface area contributed by atoms with Gasteiger partial charge in [-0.15, -0.1) is 0 Å². The lowest BCUT2D eigenvalue weighted by Gasteiger charge is -2.39. The highest BCUT2D eigenvalue weighted by atomic mass is 16.2. The number of imidazole rings is 1. The van der Waals surface area contributed by atoms with E-state index in [2.05, 4.69) is 34.5 Å². The molecule has 1 aliphatic carbocycles. The standard InChI is InChI=1S/C23H30N6O/c1-6-29-15(2)16(14-25-29)13-24-28-21(30)23(5)12-11-17(22(23,3)4)20-26-18-9-7-8-10-19(18)27-20/h7-10,13-14,17H,6,11-12H2,1-5H3,(H,26,27)(H,28,30)/b24-13+/t17-,23+/m0/s1. The Balaban J connectivity index is 1.52. The maximum atomic E-state index is 13.2. The number of benzene rings is 1. The predicted molar refractivity (Wildman–Crippen MR) is 118 cm³/mol. The van der Waals surface area contributed by atoms with Crippen LogP contribution in [-0.4, -0.2) is 31.9 Å². The molecule has 2 atom stereocenters. The first-order valence-electron chi connectivity index (χ1n) is 10.6. The van der Waals surface area contributed by atoms with Crippen molar-refractivity contribution in [3.8, 4) is 0 Å². The van der Waals surface area contributed by atoms with Crippen molar-refractivity contribution >= 4 is 23.2 Å². The van der Waals surface area contributed by atoms with Crippen molar-refractivity contribution in [3.05, 3.63) is 47.5 Å². The molecule has 7 nitrogen and oxygen atoms in total. The molecule has 0 saturated heterocycles. The number of para-hydroxylation sites is 2. The zero-order chi connectivity index (χ0) is 21.5. The highest BCUT2D eigenvalue weighted by molar-refractivity contribution is 5.86. The minimum absolute atomic E-state index is 0.0529. The van der Waals surface area contributed by atoms with Crippen molar-refractivity contribution in [2.75, 3.05) is 0 Å². The zero-order valence-corrected chi connectivity index (χ0v) is 18.4. The van der Waals surface area contributed by atoms with E-state index in [0.29, 0.717) is 0 Å². The molecule has 3 aromatic rings. The van der Waals surface area contributed by atoms with E-state index in [1.54, 1.807) is 12.4 Å². The van der Waals surface area contributed by atoms with Gasteiger partial charge >= 0.3 is 0 Å². The van der Waals surface area contributed by atoms with E-state index in [9.17, 15) is 4.79 Å². The van der Waals surface area contributed by atoms with Crippen LogP contribution in [0.15, 0.2) is 35.6 Å². The fraction of sp³-hybridized carbons (Fsp3) is 0.478. The molecule has 0 unspecified atom stereocenters. The summed E-state index contributed by atoms with van der Waals surface area (Å²) in [6.07, 6.45) is 5.14. The van der Waals surface area contributed by atoms with Gasteiger partial charge in [0, 0.05) is 23.7 Å². The molecule has 2 aromatic heterocycles. The van der Waals surface area contributed by atoms with E-state index in [4.69, 9.17) is 4.98 Å². The number of aromatic amines is 1. The van der Waals surface area contributed by atoms with Gasteiger partial charge in [-0.1, -0.05) is 32.9 Å². The minimum atomic E-state index is -0.545. The molecule has 2 N–H and O–H groups in total. The molecule has 1 aliphatic rings. The third kappa shape index (κ3) is 3.13. The van der Waals surface area contributed by atoms with Crippen LogP contribution >= 0.6 is 0 Å². The largest absolute Gasteiger partial charge is 0.342 e. The molecule has 30 heavy (non-hydrogen) atoms. The Morgan fingerprint density at radius 1 is 1.37 bits per heavy atom. The van der Waals surface area contributed by atoms with Gasteiger partial charge in [0.2, 0.25) is 5.91 Å². The Morgan fingerprint density at radius 2 is 2.13 bits per heavy atom. The van der Waals surface area contributed by atoms with E-state index in [1.165, 1.54) is 0 Å². The van der Waals surface area contributed by atoms with Gasteiger partial charge in [-0.25, -0.2) is 10.4 Å². The van der Waals surface area contributed by atoms with Gasteiger partial charge in [0.15, 0.2) is 0 Å². The molecule has 1 saturated carbocycles. The number of amides is 1. The number of aromatic nitrogens is 4. The number of fused-ring (bicyclic) bond motifs is 1. The van der Waals surface area contributed by atoms with Crippen LogP contribution in [0.1, 0.15) is 63.5 Å². The monoisotopic (exact) mass is 406 g/mol. The predicted octanol–water partition coefficient (Wildman–Crippen LogP) is 4.15. The van der Waals surface area contributed by atoms with Crippen LogP contribution in [0.5, 0.6) is 0 Å². The summed E-state index contributed by atoms with van der Waals surface area (Å²) in [6, 6.07) is 8.05. The van der Waals surface area contributed by atoms with Crippen molar-refractivity contribution in [2.45, 2.75) is 59.9 Å². The number of aryl methyl sites for hydroxylation is 1. The molecule has 158 valence electrons. The lowest BCUT2D eigenvalue weighted by molar-refractivity contribution is -0.135. The number of carbonyl (C=O) groups is 1. The highest BCUT2D eigenvalue weighted by Gasteiger charge is 2.57. The number of nitrogens with zero attached hydrogens (tertiary/aromatic N) is 4. The van der Waals surface area contributed by atoms with E-state index in [0.717, 1.165) is 47.5 Å². The Hall–Kier alpha value is -2.96. The summed E-state index contributed by atoms with van der Waals surface area (Å²) in [5, 5.41) is 8.55. The van der Waals surface area contributed by atoms with Crippen molar-refractivity contribution in [1.29, 1.82) is 0 Å². The number of rotatable bonds is 5. The maximum absolute atomic E-state index is 13.2. The first kappa shape index (κ1) is 20.3. The summed E-state index contributed by atoms with van der Waals surface area (Å²) >= 11 is 0. The third-order valence-electron chi connectivity index (χ3n) is 7.28. The Bertz CT molecular complexity index is 1080. The SMILES string of the molecule is CCn1ncc(/C=N/NC(=O)[C@@]2(C)CC[C@@H](c3nc4ccccc4[nH]3)C2(C)C)c1C. The Labute approximate surface area is 177 Å². The van der Waals surface area contributed by atoms with Gasteiger partial charge in [-0.2, -0.15) is 10.2 Å². The molecule has 1 amide bonds. The number of nitrogens with one attached hydrogen (secondary N) is 2. The molecule has 0 aliphatic heterocycles. The topological polar surface area (TPSA) is 88.0 Å². The second-order valence-corrected chi connectivity index (χ2v) is 8.98. The van der Waals surface area contributed by atoms with E-state index < -0.39 is 5.41 Å². The fourth-order valence-corrected chi connectivity index (χ4v) is 4.71. The molecular weight excluding hydrogens is 376 g/mol. The minimum Gasteiger partial charge on any atom is -0.342 e. The normalized spacial score (nSPS) is 23.4. The van der Waals surface area contributed by atoms with Crippen molar-refractivity contribution in [3.63, 3.8) is 0 Å². The van der Waals surface area contributed by atoms with Gasteiger partial charge in [0.05, 0.1) is 28.9 Å². The number of H-pyrrole nitrogens is 1. The van der Waals surface area contributed by atoms with Crippen LogP contribution in [-0.2, 0) is 11.3 Å². The summed E-state index contributed by atoms with van der Waals surface area (Å²) in [5.74, 6) is 1.08. The van der Waals surface area contributed by atoms with Crippen molar-refractivity contribution in [2.24, 2.45) is 15.9 Å². The van der Waals surface area contributed by atoms with Crippen molar-refractivity contribution < 1.29 is 4.79 Å². The summed E-state index contributed by atoms with van der Waals surface area (Å²) in [6.45, 7) is 11.2. The van der Waals surface area contributed by atoms with Gasteiger partial charge < -0.3 is 4.98 Å². The van der Waals surface area contributed by atoms with Gasteiger partial charge in [0.1, 0.15) is 5.82 Å². The van der Waals surface area contributed by atoms with E-state index in [1.807, 2.05) is 49.7 Å². The van der Waals surface area contributed by atoms with Crippen molar-refractivity contribution in [1.82, 2.24) is 25.2 Å². The molecule has 1 aromatic carbocycles. The number of carbonyl (C=O) groups excluding carboxylic acids is 1. The zero-order valence-electron chi connectivity index (χ0n) is 18.4. The summed E-state index contributed by atoms with van der Waals surface area (Å²) in [7, 11) is 0. The average Bonchev–Trinajstić information content (AvgIpc) is 3.36. The molecule has 2 heterocycles. The molecule has 0 radical (unpaired) electrons. The maximum Gasteiger partial charge on any atom is 0.246 e. The number of hydrogen-bond acceptors (Lipinski definition) is 4. The summed E-state index contributed by atoms with van der Waals surface area (Å²) < 4.78 is 1.91. The molecule has 0 spiro atoms. The van der Waals surface area contributed by atoms with Crippen LogP contribution in [0.2, 0.25) is 0 Å². The van der Waals surface area contributed by atoms with Crippen LogP contribution in [0.3, 0.4) is 0 Å². The molecule has 1 fully saturated rings. The number of hydrazone groups is 1. The lowest BCUT2D eigenvalue weighted by atomic mass is 9.65. The number of hydrogen-bond donors (Lipinski definition) is 2. The summed E-state index contributed by atoms with van der Waals surface area (Å²) in [4.78, 5) is 21.5. The molecule has 0 bridgehead atoms. The summed E-state index contributed by atoms with van der Waals surface area (Å²) in [5.41, 5.74) is 5.91. The second kappa shape index (κ2) is 7.38. The fourth-order valence-electron chi connectivity index (χ4n) is 4.71. The molecule has 4 rings (SSSR count). The van der Waals surface area contributed by atoms with Crippen LogP contribution in [0.25, 0.3) is 11.0 Å². The Kier molecular flexibility index (Phi) is 5.00. The van der Waals surface area contributed by atoms with Crippen LogP contribution in [0.4, 0.5) is 0 Å². The van der Waals surface area contributed by atoms with Gasteiger partial charge in [-0.3, -0.25) is 9.48 Å². The first-order valence-corrected chi connectivity index (χ1v) is 10.6. The van der Waals surface area contributed by atoms with Crippen LogP contribution in [0, 0.1) is 17.8 Å². The second-order valence-electron chi connectivity index (χ2n) is 8.98. The highest BCUT2D eigenvalue weighted by Crippen LogP contribution is 2.59. The average molecular weight is 407 g/mol. The smallest absolute Gasteiger partial charge is 0.246 e. The van der Waals surface area contributed by atoms with E-state index in [-0.39, 0.29) is 17.2 Å². The molecular formula is C23H30N6O. The van der Waals surface area contributed by atoms with Gasteiger partial charge in [0.25, 0.3) is 0 Å². The van der Waals surface area contributed by atoms with Gasteiger partial charge in [-0.05, 0) is 44.2 Å². The lowest BCUT2D eigenvalue weighted by Crippen LogP contribution is -2.45. The van der Waals surface area contributed by atoms with Crippen LogP contribution < -0.4 is 5.43 Å². The third-order valence-corrected chi connectivity index (χ3v) is 7.28. The Morgan fingerprint density at radius 3 is 2.83 bits per heavy atom. The molecule has 7 heteroatoms. The quantitative estimate of drug-likeness (QED) is 0.493. The van der Waals surface area contributed by atoms with E-state index >= 15 is 0 Å². The first-order chi connectivity index (χ1) is 14.3.